The first kappa shape index (κ1) is 13.4. The van der Waals surface area contributed by atoms with Gasteiger partial charge in [0.2, 0.25) is 0 Å². The van der Waals surface area contributed by atoms with Crippen molar-refractivity contribution in [2.45, 2.75) is 6.42 Å². The van der Waals surface area contributed by atoms with Gasteiger partial charge in [0.1, 0.15) is 6.61 Å². The van der Waals surface area contributed by atoms with E-state index < -0.39 is 18.4 Å². The highest BCUT2D eigenvalue weighted by Crippen LogP contribution is 2.00. The Balaban J connectivity index is 3.60. The topological polar surface area (TPSA) is 72.8 Å². The summed E-state index contributed by atoms with van der Waals surface area (Å²) in [4.78, 5) is 21.3. The summed E-state index contributed by atoms with van der Waals surface area (Å²) < 4.78 is 9.64. The SMILES string of the molecule is C=CCOCCOC(=O)C(=C)CC(=O)O. The van der Waals surface area contributed by atoms with E-state index in [1.54, 1.807) is 6.08 Å². The number of ether oxygens (including phenoxy) is 2. The third-order valence-electron chi connectivity index (χ3n) is 1.35. The zero-order valence-corrected chi connectivity index (χ0v) is 8.40. The van der Waals surface area contributed by atoms with Crippen molar-refractivity contribution in [1.29, 1.82) is 0 Å². The Labute approximate surface area is 88.0 Å². The molecule has 5 heteroatoms. The monoisotopic (exact) mass is 214 g/mol. The lowest BCUT2D eigenvalue weighted by atomic mass is 10.2. The van der Waals surface area contributed by atoms with Crippen LogP contribution in [0.3, 0.4) is 0 Å². The van der Waals surface area contributed by atoms with E-state index in [9.17, 15) is 9.59 Å². The van der Waals surface area contributed by atoms with Crippen LogP contribution in [0.2, 0.25) is 0 Å². The van der Waals surface area contributed by atoms with E-state index in [1.165, 1.54) is 0 Å². The van der Waals surface area contributed by atoms with E-state index >= 15 is 0 Å². The summed E-state index contributed by atoms with van der Waals surface area (Å²) in [6.07, 6.45) is 1.16. The van der Waals surface area contributed by atoms with Gasteiger partial charge in [0.25, 0.3) is 0 Å². The molecule has 0 spiro atoms. The molecule has 0 heterocycles. The van der Waals surface area contributed by atoms with Crippen LogP contribution in [0.15, 0.2) is 24.8 Å². The Morgan fingerprint density at radius 3 is 2.53 bits per heavy atom. The molecule has 0 aliphatic carbocycles. The van der Waals surface area contributed by atoms with Crippen LogP contribution in [0.4, 0.5) is 0 Å². The van der Waals surface area contributed by atoms with E-state index in [0.717, 1.165) is 0 Å². The molecule has 0 aliphatic rings. The summed E-state index contributed by atoms with van der Waals surface area (Å²) in [5.41, 5.74) is -0.0776. The number of hydrogen-bond acceptors (Lipinski definition) is 4. The smallest absolute Gasteiger partial charge is 0.334 e. The quantitative estimate of drug-likeness (QED) is 0.279. The molecule has 0 aromatic carbocycles. The molecule has 0 saturated carbocycles. The van der Waals surface area contributed by atoms with Gasteiger partial charge in [-0.3, -0.25) is 4.79 Å². The first-order chi connectivity index (χ1) is 7.07. The highest BCUT2D eigenvalue weighted by Gasteiger charge is 2.11. The normalized spacial score (nSPS) is 9.33. The molecule has 1 N–H and O–H groups in total. The molecule has 0 atom stereocenters. The molecule has 15 heavy (non-hydrogen) atoms. The Hall–Kier alpha value is -1.62. The Kier molecular flexibility index (Phi) is 6.92. The predicted molar refractivity (Wildman–Crippen MR) is 53.4 cm³/mol. The van der Waals surface area contributed by atoms with Crippen LogP contribution in [0.25, 0.3) is 0 Å². The second-order valence-electron chi connectivity index (χ2n) is 2.67. The molecular formula is C10H14O5. The zero-order chi connectivity index (χ0) is 11.7. The molecule has 5 nitrogen and oxygen atoms in total. The molecule has 0 aromatic rings. The van der Waals surface area contributed by atoms with Gasteiger partial charge in [0, 0.05) is 5.57 Å². The van der Waals surface area contributed by atoms with Gasteiger partial charge >= 0.3 is 11.9 Å². The summed E-state index contributed by atoms with van der Waals surface area (Å²) in [6, 6.07) is 0. The van der Waals surface area contributed by atoms with Crippen LogP contribution in [0, 0.1) is 0 Å². The number of rotatable bonds is 8. The Bertz CT molecular complexity index is 257. The van der Waals surface area contributed by atoms with Gasteiger partial charge in [-0.15, -0.1) is 6.58 Å². The maximum atomic E-state index is 11.1. The van der Waals surface area contributed by atoms with E-state index in [2.05, 4.69) is 13.2 Å². The molecule has 0 saturated heterocycles. The van der Waals surface area contributed by atoms with Crippen LogP contribution in [-0.4, -0.2) is 36.9 Å². The van der Waals surface area contributed by atoms with Gasteiger partial charge in [-0.25, -0.2) is 4.79 Å². The first-order valence-corrected chi connectivity index (χ1v) is 4.33. The highest BCUT2D eigenvalue weighted by atomic mass is 16.6. The number of esters is 1. The second-order valence-corrected chi connectivity index (χ2v) is 2.67. The van der Waals surface area contributed by atoms with Crippen LogP contribution < -0.4 is 0 Å². The first-order valence-electron chi connectivity index (χ1n) is 4.33. The average molecular weight is 214 g/mol. The molecule has 0 rings (SSSR count). The third-order valence-corrected chi connectivity index (χ3v) is 1.35. The molecule has 0 fully saturated rings. The summed E-state index contributed by atoms with van der Waals surface area (Å²) in [5, 5.41) is 8.37. The number of hydrogen-bond donors (Lipinski definition) is 1. The maximum Gasteiger partial charge on any atom is 0.334 e. The minimum Gasteiger partial charge on any atom is -0.481 e. The molecule has 0 unspecified atom stereocenters. The van der Waals surface area contributed by atoms with Crippen molar-refractivity contribution in [2.24, 2.45) is 0 Å². The van der Waals surface area contributed by atoms with Crippen molar-refractivity contribution in [3.63, 3.8) is 0 Å². The number of aliphatic carboxylic acids is 1. The lowest BCUT2D eigenvalue weighted by Crippen LogP contribution is -2.14. The van der Waals surface area contributed by atoms with E-state index in [1.807, 2.05) is 0 Å². The molecular weight excluding hydrogens is 200 g/mol. The molecule has 0 aliphatic heterocycles. The fraction of sp³-hybridized carbons (Fsp3) is 0.400. The summed E-state index contributed by atoms with van der Waals surface area (Å²) in [5.74, 6) is -1.82. The molecule has 0 aromatic heterocycles. The summed E-state index contributed by atoms with van der Waals surface area (Å²) >= 11 is 0. The van der Waals surface area contributed by atoms with E-state index in [0.29, 0.717) is 6.61 Å². The Morgan fingerprint density at radius 2 is 2.00 bits per heavy atom. The zero-order valence-electron chi connectivity index (χ0n) is 8.40. The van der Waals surface area contributed by atoms with Gasteiger partial charge in [0.05, 0.1) is 19.6 Å². The van der Waals surface area contributed by atoms with Crippen molar-refractivity contribution >= 4 is 11.9 Å². The molecule has 0 radical (unpaired) electrons. The van der Waals surface area contributed by atoms with Crippen LogP contribution in [0.1, 0.15) is 6.42 Å². The number of carbonyl (C=O) groups is 2. The lowest BCUT2D eigenvalue weighted by Gasteiger charge is -2.05. The van der Waals surface area contributed by atoms with Crippen LogP contribution in [0.5, 0.6) is 0 Å². The van der Waals surface area contributed by atoms with Gasteiger partial charge in [-0.1, -0.05) is 12.7 Å². The number of carboxylic acid groups (broad SMARTS) is 1. The summed E-state index contributed by atoms with van der Waals surface area (Å²) in [6.45, 7) is 7.45. The molecule has 84 valence electrons. The maximum absolute atomic E-state index is 11.1. The van der Waals surface area contributed by atoms with Gasteiger partial charge in [0.15, 0.2) is 0 Å². The molecule has 0 bridgehead atoms. The van der Waals surface area contributed by atoms with Crippen molar-refractivity contribution in [2.75, 3.05) is 19.8 Å². The minimum absolute atomic E-state index is 0.0747. The largest absolute Gasteiger partial charge is 0.481 e. The van der Waals surface area contributed by atoms with Gasteiger partial charge in [-0.05, 0) is 0 Å². The fourth-order valence-corrected chi connectivity index (χ4v) is 0.717. The van der Waals surface area contributed by atoms with Gasteiger partial charge < -0.3 is 14.6 Å². The standard InChI is InChI=1S/C10H14O5/c1-3-4-14-5-6-15-10(13)8(2)7-9(11)12/h3H,1-2,4-7H2,(H,11,12). The second kappa shape index (κ2) is 7.75. The lowest BCUT2D eigenvalue weighted by molar-refractivity contribution is -0.143. The van der Waals surface area contributed by atoms with Crippen molar-refractivity contribution in [3.05, 3.63) is 24.8 Å². The number of carbonyl (C=O) groups excluding carboxylic acids is 1. The molecule has 0 amide bonds. The van der Waals surface area contributed by atoms with Crippen LogP contribution >= 0.6 is 0 Å². The number of carboxylic acids is 1. The van der Waals surface area contributed by atoms with E-state index in [-0.39, 0.29) is 18.8 Å². The highest BCUT2D eigenvalue weighted by molar-refractivity contribution is 5.92. The third kappa shape index (κ3) is 7.45. The minimum atomic E-state index is -1.11. The van der Waals surface area contributed by atoms with Crippen molar-refractivity contribution < 1.29 is 24.2 Å². The van der Waals surface area contributed by atoms with Crippen LogP contribution in [-0.2, 0) is 19.1 Å². The van der Waals surface area contributed by atoms with Crippen molar-refractivity contribution in [3.8, 4) is 0 Å². The Morgan fingerprint density at radius 1 is 1.33 bits per heavy atom. The van der Waals surface area contributed by atoms with E-state index in [4.69, 9.17) is 14.6 Å². The summed E-state index contributed by atoms with van der Waals surface area (Å²) in [7, 11) is 0. The average Bonchev–Trinajstić information content (AvgIpc) is 2.16. The van der Waals surface area contributed by atoms with Crippen molar-refractivity contribution in [1.82, 2.24) is 0 Å². The predicted octanol–water partition coefficient (Wildman–Crippen LogP) is 0.763. The fourth-order valence-electron chi connectivity index (χ4n) is 0.717. The van der Waals surface area contributed by atoms with Gasteiger partial charge in [-0.2, -0.15) is 0 Å².